The molecular formula is C22H19Cl4NO2. The van der Waals surface area contributed by atoms with E-state index in [4.69, 9.17) is 55.9 Å². The zero-order chi connectivity index (χ0) is 20.8. The molecule has 29 heavy (non-hydrogen) atoms. The third-order valence-corrected chi connectivity index (χ3v) is 5.61. The van der Waals surface area contributed by atoms with E-state index >= 15 is 0 Å². The van der Waals surface area contributed by atoms with Crippen molar-refractivity contribution in [1.82, 2.24) is 0 Å². The van der Waals surface area contributed by atoms with Crippen LogP contribution in [0.4, 0.5) is 5.69 Å². The summed E-state index contributed by atoms with van der Waals surface area (Å²) >= 11 is 24.5. The van der Waals surface area contributed by atoms with Gasteiger partial charge in [-0.05, 0) is 55.0 Å². The van der Waals surface area contributed by atoms with Crippen LogP contribution in [0, 0.1) is 0 Å². The van der Waals surface area contributed by atoms with Crippen LogP contribution in [0.5, 0.6) is 11.5 Å². The van der Waals surface area contributed by atoms with Gasteiger partial charge in [-0.3, -0.25) is 0 Å². The van der Waals surface area contributed by atoms with Crippen molar-refractivity contribution < 1.29 is 9.47 Å². The maximum atomic E-state index is 6.22. The summed E-state index contributed by atoms with van der Waals surface area (Å²) in [6, 6.07) is 16.6. The molecule has 0 fully saturated rings. The summed E-state index contributed by atoms with van der Waals surface area (Å²) in [5, 5.41) is 5.48. The van der Waals surface area contributed by atoms with Crippen LogP contribution in [0.3, 0.4) is 0 Å². The minimum atomic E-state index is 0.249. The van der Waals surface area contributed by atoms with E-state index in [1.54, 1.807) is 30.3 Å². The van der Waals surface area contributed by atoms with Crippen molar-refractivity contribution in [2.75, 3.05) is 11.9 Å². The highest BCUT2D eigenvalue weighted by Crippen LogP contribution is 2.32. The first-order chi connectivity index (χ1) is 14.0. The Bertz CT molecular complexity index is 974. The van der Waals surface area contributed by atoms with Gasteiger partial charge in [0, 0.05) is 27.8 Å². The smallest absolute Gasteiger partial charge is 0.161 e. The second-order valence-corrected chi connectivity index (χ2v) is 7.81. The predicted molar refractivity (Wildman–Crippen MR) is 122 cm³/mol. The van der Waals surface area contributed by atoms with Gasteiger partial charge in [0.1, 0.15) is 6.61 Å². The van der Waals surface area contributed by atoms with E-state index in [0.717, 1.165) is 16.8 Å². The Morgan fingerprint density at radius 1 is 0.759 bits per heavy atom. The normalized spacial score (nSPS) is 10.7. The summed E-state index contributed by atoms with van der Waals surface area (Å²) in [4.78, 5) is 0. The number of ether oxygens (including phenoxy) is 2. The molecule has 0 heterocycles. The molecule has 0 saturated heterocycles. The molecule has 152 valence electrons. The van der Waals surface area contributed by atoms with Gasteiger partial charge >= 0.3 is 0 Å². The summed E-state index contributed by atoms with van der Waals surface area (Å²) in [5.74, 6) is 1.28. The number of anilines is 1. The maximum absolute atomic E-state index is 6.22. The molecule has 0 aliphatic rings. The van der Waals surface area contributed by atoms with Crippen LogP contribution in [0.15, 0.2) is 54.6 Å². The molecule has 1 N–H and O–H groups in total. The molecule has 3 rings (SSSR count). The van der Waals surface area contributed by atoms with Crippen LogP contribution in [-0.4, -0.2) is 6.61 Å². The summed E-state index contributed by atoms with van der Waals surface area (Å²) in [6.45, 7) is 3.29. The lowest BCUT2D eigenvalue weighted by molar-refractivity contribution is 0.269. The Hall–Kier alpha value is -1.78. The molecule has 0 spiro atoms. The fraction of sp³-hybridized carbons (Fsp3) is 0.182. The molecular weight excluding hydrogens is 452 g/mol. The number of halogens is 4. The molecule has 0 aliphatic heterocycles. The Balaban J connectivity index is 1.71. The fourth-order valence-corrected chi connectivity index (χ4v) is 3.48. The molecule has 0 unspecified atom stereocenters. The van der Waals surface area contributed by atoms with Crippen LogP contribution in [0.1, 0.15) is 18.1 Å². The lowest BCUT2D eigenvalue weighted by atomic mass is 10.2. The number of hydrogen-bond acceptors (Lipinski definition) is 3. The summed E-state index contributed by atoms with van der Waals surface area (Å²) in [6.07, 6.45) is 0. The second kappa shape index (κ2) is 10.3. The molecule has 3 aromatic carbocycles. The third-order valence-electron chi connectivity index (χ3n) is 4.16. The van der Waals surface area contributed by atoms with E-state index in [2.05, 4.69) is 5.32 Å². The monoisotopic (exact) mass is 469 g/mol. The van der Waals surface area contributed by atoms with Crippen LogP contribution in [0.2, 0.25) is 20.1 Å². The molecule has 0 amide bonds. The minimum Gasteiger partial charge on any atom is -0.490 e. The Kier molecular flexibility index (Phi) is 7.79. The summed E-state index contributed by atoms with van der Waals surface area (Å²) < 4.78 is 11.7. The van der Waals surface area contributed by atoms with Crippen molar-refractivity contribution in [3.63, 3.8) is 0 Å². The summed E-state index contributed by atoms with van der Waals surface area (Å²) in [5.41, 5.74) is 2.65. The van der Waals surface area contributed by atoms with Crippen molar-refractivity contribution in [2.45, 2.75) is 20.1 Å². The van der Waals surface area contributed by atoms with Crippen LogP contribution in [-0.2, 0) is 13.2 Å². The van der Waals surface area contributed by atoms with Gasteiger partial charge < -0.3 is 14.8 Å². The van der Waals surface area contributed by atoms with Gasteiger partial charge in [0.15, 0.2) is 11.5 Å². The van der Waals surface area contributed by atoms with Crippen molar-refractivity contribution >= 4 is 52.1 Å². The van der Waals surface area contributed by atoms with Gasteiger partial charge in [0.05, 0.1) is 16.7 Å². The van der Waals surface area contributed by atoms with Crippen LogP contribution >= 0.6 is 46.4 Å². The average Bonchev–Trinajstić information content (AvgIpc) is 2.70. The van der Waals surface area contributed by atoms with Crippen LogP contribution < -0.4 is 14.8 Å². The maximum Gasteiger partial charge on any atom is 0.161 e. The Morgan fingerprint density at radius 2 is 1.52 bits per heavy atom. The lowest BCUT2D eigenvalue weighted by Gasteiger charge is -2.15. The molecule has 0 bridgehead atoms. The van der Waals surface area contributed by atoms with Crippen molar-refractivity contribution in [2.24, 2.45) is 0 Å². The highest BCUT2D eigenvalue weighted by Gasteiger charge is 2.11. The zero-order valence-corrected chi connectivity index (χ0v) is 18.7. The molecule has 3 nitrogen and oxygen atoms in total. The minimum absolute atomic E-state index is 0.249. The topological polar surface area (TPSA) is 30.5 Å². The molecule has 0 aromatic heterocycles. The van der Waals surface area contributed by atoms with Gasteiger partial charge in [0.25, 0.3) is 0 Å². The van der Waals surface area contributed by atoms with Crippen LogP contribution in [0.25, 0.3) is 0 Å². The van der Waals surface area contributed by atoms with Crippen molar-refractivity contribution in [3.05, 3.63) is 85.8 Å². The van der Waals surface area contributed by atoms with Crippen molar-refractivity contribution in [1.29, 1.82) is 0 Å². The number of benzene rings is 3. The van der Waals surface area contributed by atoms with Crippen molar-refractivity contribution in [3.8, 4) is 11.5 Å². The fourth-order valence-electron chi connectivity index (χ4n) is 2.68. The predicted octanol–water partition coefficient (Wildman–Crippen LogP) is 7.89. The number of hydrogen-bond donors (Lipinski definition) is 1. The summed E-state index contributed by atoms with van der Waals surface area (Å²) in [7, 11) is 0. The standard InChI is InChI=1S/C22H19Cl4NO2/c1-2-28-22-10-14(12-27-15-7-8-19(25)20(26)11-15)6-9-21(22)29-13-16-17(23)4-3-5-18(16)24/h3-11,27H,2,12-13H2,1H3. The lowest BCUT2D eigenvalue weighted by Crippen LogP contribution is -2.03. The number of nitrogens with one attached hydrogen (secondary N) is 1. The van der Waals surface area contributed by atoms with E-state index in [9.17, 15) is 0 Å². The highest BCUT2D eigenvalue weighted by molar-refractivity contribution is 6.42. The van der Waals surface area contributed by atoms with Gasteiger partial charge in [-0.15, -0.1) is 0 Å². The van der Waals surface area contributed by atoms with E-state index in [0.29, 0.717) is 44.7 Å². The van der Waals surface area contributed by atoms with E-state index in [1.165, 1.54) is 0 Å². The number of rotatable bonds is 8. The van der Waals surface area contributed by atoms with Gasteiger partial charge in [-0.25, -0.2) is 0 Å². The Morgan fingerprint density at radius 3 is 2.21 bits per heavy atom. The van der Waals surface area contributed by atoms with E-state index in [1.807, 2.05) is 31.2 Å². The zero-order valence-electron chi connectivity index (χ0n) is 15.6. The molecule has 3 aromatic rings. The highest BCUT2D eigenvalue weighted by atomic mass is 35.5. The quantitative estimate of drug-likeness (QED) is 0.363. The first-order valence-electron chi connectivity index (χ1n) is 8.98. The third kappa shape index (κ3) is 5.86. The molecule has 0 radical (unpaired) electrons. The van der Waals surface area contributed by atoms with E-state index < -0.39 is 0 Å². The first kappa shape index (κ1) is 21.9. The molecule has 7 heteroatoms. The molecule has 0 aliphatic carbocycles. The molecule has 0 atom stereocenters. The molecule has 0 saturated carbocycles. The van der Waals surface area contributed by atoms with Gasteiger partial charge in [-0.1, -0.05) is 58.5 Å². The van der Waals surface area contributed by atoms with Gasteiger partial charge in [0.2, 0.25) is 0 Å². The SMILES string of the molecule is CCOc1cc(CNc2ccc(Cl)c(Cl)c2)ccc1OCc1c(Cl)cccc1Cl. The largest absolute Gasteiger partial charge is 0.490 e. The second-order valence-electron chi connectivity index (χ2n) is 6.19. The van der Waals surface area contributed by atoms with Gasteiger partial charge in [-0.2, -0.15) is 0 Å². The average molecular weight is 471 g/mol. The van der Waals surface area contributed by atoms with E-state index in [-0.39, 0.29) is 6.61 Å². The first-order valence-corrected chi connectivity index (χ1v) is 10.5. The Labute approximate surface area is 190 Å².